The van der Waals surface area contributed by atoms with Gasteiger partial charge < -0.3 is 5.73 Å². The summed E-state index contributed by atoms with van der Waals surface area (Å²) in [5.74, 6) is 0. The van der Waals surface area contributed by atoms with Gasteiger partial charge in [0.2, 0.25) is 0 Å². The molecule has 1 aromatic carbocycles. The van der Waals surface area contributed by atoms with E-state index in [0.29, 0.717) is 0 Å². The molecule has 0 aliphatic rings. The molecule has 2 N–H and O–H groups in total. The van der Waals surface area contributed by atoms with Gasteiger partial charge in [0.1, 0.15) is 0 Å². The molecule has 0 bridgehead atoms. The Morgan fingerprint density at radius 3 is 2.73 bits per heavy atom. The van der Waals surface area contributed by atoms with E-state index in [0.717, 1.165) is 0 Å². The molecule has 0 aliphatic heterocycles. The largest absolute Gasteiger partial charge is 0.324 e. The van der Waals surface area contributed by atoms with Gasteiger partial charge in [-0.2, -0.15) is 0 Å². The number of aromatic nitrogens is 1. The van der Waals surface area contributed by atoms with Crippen molar-refractivity contribution in [1.29, 1.82) is 0 Å². The Morgan fingerprint density at radius 2 is 2.13 bits per heavy atom. The predicted octanol–water partition coefficient (Wildman–Crippen LogP) is 3.14. The lowest BCUT2D eigenvalue weighted by molar-refractivity contribution is 0.820. The smallest absolute Gasteiger partial charge is 0.0553 e. The van der Waals surface area contributed by atoms with E-state index in [2.05, 4.69) is 29.5 Å². The fourth-order valence-electron chi connectivity index (χ4n) is 1.64. The van der Waals surface area contributed by atoms with Crippen LogP contribution in [0.2, 0.25) is 0 Å². The first-order chi connectivity index (χ1) is 7.18. The van der Waals surface area contributed by atoms with E-state index in [1.807, 2.05) is 19.2 Å². The number of benzene rings is 1. The molecule has 0 saturated carbocycles. The highest BCUT2D eigenvalue weighted by Gasteiger charge is 2.09. The molecular formula is C12H14N2S. The molecule has 2 nitrogen and oxygen atoms in total. The van der Waals surface area contributed by atoms with Gasteiger partial charge in [-0.25, -0.2) is 4.37 Å². The Morgan fingerprint density at radius 1 is 1.33 bits per heavy atom. The number of aryl methyl sites for hydroxylation is 1. The second-order valence-corrected chi connectivity index (χ2v) is 4.59. The van der Waals surface area contributed by atoms with Gasteiger partial charge in [0, 0.05) is 12.2 Å². The quantitative estimate of drug-likeness (QED) is 0.841. The first kappa shape index (κ1) is 10.3. The van der Waals surface area contributed by atoms with Gasteiger partial charge in [-0.15, -0.1) is 0 Å². The first-order valence-corrected chi connectivity index (χ1v) is 5.73. The maximum absolute atomic E-state index is 5.95. The van der Waals surface area contributed by atoms with E-state index in [1.165, 1.54) is 33.1 Å². The molecule has 0 spiro atoms. The van der Waals surface area contributed by atoms with Crippen LogP contribution in [-0.4, -0.2) is 4.37 Å². The molecule has 0 saturated heterocycles. The molecule has 1 atom stereocenters. The Kier molecular flexibility index (Phi) is 2.84. The lowest BCUT2D eigenvalue weighted by Gasteiger charge is -2.11. The average Bonchev–Trinajstić information content (AvgIpc) is 2.69. The highest BCUT2D eigenvalue weighted by molar-refractivity contribution is 7.09. The molecule has 1 heterocycles. The van der Waals surface area contributed by atoms with Crippen LogP contribution < -0.4 is 5.73 Å². The number of hydrogen-bond acceptors (Lipinski definition) is 3. The van der Waals surface area contributed by atoms with Crippen LogP contribution in [0, 0.1) is 6.92 Å². The van der Waals surface area contributed by atoms with Gasteiger partial charge in [-0.05, 0) is 42.6 Å². The number of hydrogen-bond donors (Lipinski definition) is 1. The molecule has 3 heteroatoms. The molecule has 0 amide bonds. The second-order valence-electron chi connectivity index (χ2n) is 3.76. The summed E-state index contributed by atoms with van der Waals surface area (Å²) < 4.78 is 4.13. The topological polar surface area (TPSA) is 38.9 Å². The normalized spacial score (nSPS) is 12.7. The van der Waals surface area contributed by atoms with Crippen molar-refractivity contribution in [2.75, 3.05) is 0 Å². The van der Waals surface area contributed by atoms with Crippen molar-refractivity contribution in [3.05, 3.63) is 41.6 Å². The molecule has 0 radical (unpaired) electrons. The summed E-state index contributed by atoms with van der Waals surface area (Å²) in [6, 6.07) is 8.47. The Bertz CT molecular complexity index is 447. The van der Waals surface area contributed by atoms with Crippen molar-refractivity contribution in [3.63, 3.8) is 0 Å². The minimum Gasteiger partial charge on any atom is -0.324 e. The standard InChI is InChI=1S/C12H14N2S/c1-8-3-4-10(9(2)13)11(7-8)12-5-6-14-15-12/h3-7,9H,13H2,1-2H3. The number of nitrogens with zero attached hydrogens (tertiary/aromatic N) is 1. The van der Waals surface area contributed by atoms with Crippen molar-refractivity contribution in [2.24, 2.45) is 5.73 Å². The van der Waals surface area contributed by atoms with Crippen LogP contribution in [-0.2, 0) is 0 Å². The molecule has 0 aliphatic carbocycles. The van der Waals surface area contributed by atoms with E-state index in [-0.39, 0.29) is 6.04 Å². The van der Waals surface area contributed by atoms with Crippen molar-refractivity contribution in [1.82, 2.24) is 4.37 Å². The van der Waals surface area contributed by atoms with E-state index in [4.69, 9.17) is 5.73 Å². The van der Waals surface area contributed by atoms with Crippen molar-refractivity contribution in [3.8, 4) is 10.4 Å². The Hall–Kier alpha value is -1.19. The van der Waals surface area contributed by atoms with Crippen molar-refractivity contribution >= 4 is 11.5 Å². The predicted molar refractivity (Wildman–Crippen MR) is 64.9 cm³/mol. The molecule has 15 heavy (non-hydrogen) atoms. The van der Waals surface area contributed by atoms with Crippen LogP contribution in [0.3, 0.4) is 0 Å². The Balaban J connectivity index is 2.58. The third-order valence-corrected chi connectivity index (χ3v) is 3.18. The van der Waals surface area contributed by atoms with Gasteiger partial charge in [-0.3, -0.25) is 0 Å². The van der Waals surface area contributed by atoms with E-state index in [1.54, 1.807) is 0 Å². The minimum absolute atomic E-state index is 0.0581. The monoisotopic (exact) mass is 218 g/mol. The zero-order valence-electron chi connectivity index (χ0n) is 8.90. The van der Waals surface area contributed by atoms with Crippen molar-refractivity contribution in [2.45, 2.75) is 19.9 Å². The average molecular weight is 218 g/mol. The summed E-state index contributed by atoms with van der Waals surface area (Å²) in [6.07, 6.45) is 1.83. The van der Waals surface area contributed by atoms with E-state index < -0.39 is 0 Å². The molecule has 2 aromatic rings. The van der Waals surface area contributed by atoms with E-state index in [9.17, 15) is 0 Å². The maximum Gasteiger partial charge on any atom is 0.0553 e. The highest BCUT2D eigenvalue weighted by Crippen LogP contribution is 2.30. The van der Waals surface area contributed by atoms with Crippen LogP contribution in [0.4, 0.5) is 0 Å². The summed E-state index contributed by atoms with van der Waals surface area (Å²) in [7, 11) is 0. The third kappa shape index (κ3) is 2.08. The van der Waals surface area contributed by atoms with Crippen LogP contribution in [0.5, 0.6) is 0 Å². The molecular weight excluding hydrogens is 204 g/mol. The Labute approximate surface area is 93.9 Å². The fraction of sp³-hybridized carbons (Fsp3) is 0.250. The van der Waals surface area contributed by atoms with Gasteiger partial charge in [0.25, 0.3) is 0 Å². The summed E-state index contributed by atoms with van der Waals surface area (Å²) >= 11 is 1.51. The molecule has 1 aromatic heterocycles. The summed E-state index contributed by atoms with van der Waals surface area (Å²) in [4.78, 5) is 1.19. The zero-order valence-corrected chi connectivity index (χ0v) is 9.71. The maximum atomic E-state index is 5.95. The van der Waals surface area contributed by atoms with Gasteiger partial charge in [0.15, 0.2) is 0 Å². The van der Waals surface area contributed by atoms with Crippen LogP contribution in [0.1, 0.15) is 24.1 Å². The lowest BCUT2D eigenvalue weighted by Crippen LogP contribution is -2.06. The zero-order chi connectivity index (χ0) is 10.8. The van der Waals surface area contributed by atoms with Crippen molar-refractivity contribution < 1.29 is 0 Å². The van der Waals surface area contributed by atoms with E-state index >= 15 is 0 Å². The molecule has 0 fully saturated rings. The number of rotatable bonds is 2. The third-order valence-electron chi connectivity index (χ3n) is 2.40. The summed E-state index contributed by atoms with van der Waals surface area (Å²) in [5, 5.41) is 0. The SMILES string of the molecule is Cc1ccc(C(C)N)c(-c2ccns2)c1. The highest BCUT2D eigenvalue weighted by atomic mass is 32.1. The van der Waals surface area contributed by atoms with Gasteiger partial charge in [-0.1, -0.05) is 23.8 Å². The van der Waals surface area contributed by atoms with Crippen LogP contribution in [0.25, 0.3) is 10.4 Å². The fourth-order valence-corrected chi connectivity index (χ4v) is 2.27. The first-order valence-electron chi connectivity index (χ1n) is 4.95. The van der Waals surface area contributed by atoms with Gasteiger partial charge >= 0.3 is 0 Å². The van der Waals surface area contributed by atoms with Crippen LogP contribution >= 0.6 is 11.5 Å². The lowest BCUT2D eigenvalue weighted by atomic mass is 9.99. The molecule has 78 valence electrons. The summed E-state index contributed by atoms with van der Waals surface area (Å²) in [5.41, 5.74) is 9.61. The second kappa shape index (κ2) is 4.13. The van der Waals surface area contributed by atoms with Gasteiger partial charge in [0.05, 0.1) is 4.88 Å². The minimum atomic E-state index is 0.0581. The number of nitrogens with two attached hydrogens (primary N) is 1. The summed E-state index contributed by atoms with van der Waals surface area (Å²) in [6.45, 7) is 4.10. The molecule has 2 rings (SSSR count). The van der Waals surface area contributed by atoms with Crippen LogP contribution in [0.15, 0.2) is 30.5 Å². The molecule has 1 unspecified atom stereocenters.